The Bertz CT molecular complexity index is 589. The van der Waals surface area contributed by atoms with Crippen LogP contribution in [0.4, 0.5) is 0 Å². The molecule has 0 unspecified atom stereocenters. The van der Waals surface area contributed by atoms with Gasteiger partial charge in [0.2, 0.25) is 6.08 Å². The number of aliphatic imine (C=N–C) groups is 1. The number of isocyanates is 1. The van der Waals surface area contributed by atoms with Gasteiger partial charge in [-0.25, -0.2) is 4.79 Å². The minimum Gasteiger partial charge on any atom is -0.361 e. The molecule has 1 aromatic carbocycles. The Hall–Kier alpha value is -1.86. The molecule has 0 atom stereocenters. The van der Waals surface area contributed by atoms with Gasteiger partial charge >= 0.3 is 0 Å². The summed E-state index contributed by atoms with van der Waals surface area (Å²) >= 11 is 0. The predicted octanol–water partition coefficient (Wildman–Crippen LogP) is 2.97. The van der Waals surface area contributed by atoms with E-state index in [0.717, 1.165) is 25.7 Å². The first-order valence-corrected chi connectivity index (χ1v) is 5.97. The maximum absolute atomic E-state index is 10.3. The first kappa shape index (κ1) is 10.3. The maximum atomic E-state index is 10.3. The summed E-state index contributed by atoms with van der Waals surface area (Å²) in [5.41, 5.74) is 2.40. The van der Waals surface area contributed by atoms with Crippen molar-refractivity contribution in [3.05, 3.63) is 36.0 Å². The highest BCUT2D eigenvalue weighted by molar-refractivity contribution is 5.83. The van der Waals surface area contributed by atoms with Crippen LogP contribution in [-0.2, 0) is 11.2 Å². The van der Waals surface area contributed by atoms with Gasteiger partial charge in [0.25, 0.3) is 0 Å². The zero-order chi connectivity index (χ0) is 11.7. The van der Waals surface area contributed by atoms with E-state index in [1.165, 1.54) is 16.5 Å². The topological polar surface area (TPSA) is 45.2 Å². The van der Waals surface area contributed by atoms with Crippen molar-refractivity contribution >= 4 is 17.0 Å². The lowest BCUT2D eigenvalue weighted by molar-refractivity contribution is 0.546. The third-order valence-corrected chi connectivity index (χ3v) is 3.64. The molecule has 1 saturated carbocycles. The highest BCUT2D eigenvalue weighted by Gasteiger charge is 2.42. The van der Waals surface area contributed by atoms with E-state index in [2.05, 4.69) is 34.4 Å². The second-order valence-electron chi connectivity index (χ2n) is 4.79. The van der Waals surface area contributed by atoms with Gasteiger partial charge in [-0.2, -0.15) is 4.99 Å². The lowest BCUT2D eigenvalue weighted by atomic mass is 10.0. The van der Waals surface area contributed by atoms with Crippen LogP contribution >= 0.6 is 0 Å². The van der Waals surface area contributed by atoms with E-state index >= 15 is 0 Å². The minimum atomic E-state index is -0.0832. The van der Waals surface area contributed by atoms with Crippen LogP contribution in [0.3, 0.4) is 0 Å². The molecule has 17 heavy (non-hydrogen) atoms. The first-order chi connectivity index (χ1) is 8.33. The van der Waals surface area contributed by atoms with Crippen LogP contribution in [0.15, 0.2) is 35.5 Å². The molecule has 86 valence electrons. The average molecular weight is 226 g/mol. The molecular formula is C14H14N2O. The number of hydrogen-bond donors (Lipinski definition) is 1. The van der Waals surface area contributed by atoms with Crippen molar-refractivity contribution in [3.63, 3.8) is 0 Å². The van der Waals surface area contributed by atoms with Gasteiger partial charge in [-0.15, -0.1) is 0 Å². The van der Waals surface area contributed by atoms with E-state index < -0.39 is 0 Å². The summed E-state index contributed by atoms with van der Waals surface area (Å²) < 4.78 is 0. The Kier molecular flexibility index (Phi) is 2.34. The largest absolute Gasteiger partial charge is 0.361 e. The van der Waals surface area contributed by atoms with Crippen LogP contribution in [0.2, 0.25) is 0 Å². The smallest absolute Gasteiger partial charge is 0.235 e. The van der Waals surface area contributed by atoms with E-state index in [0.29, 0.717) is 0 Å². The van der Waals surface area contributed by atoms with Crippen molar-refractivity contribution in [3.8, 4) is 0 Å². The van der Waals surface area contributed by atoms with Crippen molar-refractivity contribution < 1.29 is 4.79 Å². The van der Waals surface area contributed by atoms with E-state index in [4.69, 9.17) is 0 Å². The van der Waals surface area contributed by atoms with Crippen LogP contribution in [0.5, 0.6) is 0 Å². The average Bonchev–Trinajstić information content (AvgIpc) is 3.00. The highest BCUT2D eigenvalue weighted by Crippen LogP contribution is 2.43. The summed E-state index contributed by atoms with van der Waals surface area (Å²) in [6.07, 6.45) is 7.75. The molecule has 1 aliphatic rings. The number of aromatic amines is 1. The number of para-hydroxylation sites is 1. The number of aromatic nitrogens is 1. The molecule has 1 aromatic heterocycles. The SMILES string of the molecule is O=C=NC1(CCc2c[nH]c3ccccc23)CC1. The molecule has 1 fully saturated rings. The molecule has 3 nitrogen and oxygen atoms in total. The van der Waals surface area contributed by atoms with Crippen molar-refractivity contribution in [2.45, 2.75) is 31.2 Å². The van der Waals surface area contributed by atoms with Crippen LogP contribution in [0.25, 0.3) is 10.9 Å². The normalized spacial score (nSPS) is 16.7. The van der Waals surface area contributed by atoms with Crippen LogP contribution in [0, 0.1) is 0 Å². The molecule has 0 amide bonds. The Labute approximate surface area is 99.6 Å². The van der Waals surface area contributed by atoms with Crippen molar-refractivity contribution in [2.24, 2.45) is 4.99 Å². The number of hydrogen-bond acceptors (Lipinski definition) is 2. The molecule has 0 saturated heterocycles. The summed E-state index contributed by atoms with van der Waals surface area (Å²) in [5, 5.41) is 1.28. The molecular weight excluding hydrogens is 212 g/mol. The fourth-order valence-corrected chi connectivity index (χ4v) is 2.36. The maximum Gasteiger partial charge on any atom is 0.235 e. The molecule has 1 N–H and O–H groups in total. The number of nitrogens with zero attached hydrogens (tertiary/aromatic N) is 1. The molecule has 1 aliphatic carbocycles. The molecule has 0 spiro atoms. The van der Waals surface area contributed by atoms with Gasteiger partial charge in [0, 0.05) is 17.1 Å². The Balaban J connectivity index is 1.79. The number of rotatable bonds is 4. The standard InChI is InChI=1S/C14H14N2O/c17-10-16-14(7-8-14)6-5-11-9-15-13-4-2-1-3-12(11)13/h1-4,9,15H,5-8H2. The number of benzene rings is 1. The number of nitrogens with one attached hydrogen (secondary N) is 1. The van der Waals surface area contributed by atoms with Gasteiger partial charge in [0.15, 0.2) is 0 Å². The Morgan fingerprint density at radius 1 is 1.35 bits per heavy atom. The Morgan fingerprint density at radius 3 is 2.94 bits per heavy atom. The number of aryl methyl sites for hydroxylation is 1. The summed E-state index contributed by atoms with van der Waals surface area (Å²) in [4.78, 5) is 17.5. The van der Waals surface area contributed by atoms with Gasteiger partial charge in [0.05, 0.1) is 5.54 Å². The predicted molar refractivity (Wildman–Crippen MR) is 66.7 cm³/mol. The number of H-pyrrole nitrogens is 1. The summed E-state index contributed by atoms with van der Waals surface area (Å²) in [6.45, 7) is 0. The zero-order valence-corrected chi connectivity index (χ0v) is 9.57. The van der Waals surface area contributed by atoms with E-state index in [-0.39, 0.29) is 5.54 Å². The lowest BCUT2D eigenvalue weighted by Gasteiger charge is -2.06. The summed E-state index contributed by atoms with van der Waals surface area (Å²) in [7, 11) is 0. The second kappa shape index (κ2) is 3.86. The molecule has 0 bridgehead atoms. The second-order valence-corrected chi connectivity index (χ2v) is 4.79. The third kappa shape index (κ3) is 1.90. The first-order valence-electron chi connectivity index (χ1n) is 5.97. The van der Waals surface area contributed by atoms with Gasteiger partial charge in [-0.1, -0.05) is 18.2 Å². The molecule has 0 aliphatic heterocycles. The highest BCUT2D eigenvalue weighted by atomic mass is 16.1. The molecule has 3 heteroatoms. The monoisotopic (exact) mass is 226 g/mol. The van der Waals surface area contributed by atoms with E-state index in [1.807, 2.05) is 6.07 Å². The van der Waals surface area contributed by atoms with Gasteiger partial charge in [-0.3, -0.25) is 0 Å². The van der Waals surface area contributed by atoms with E-state index in [9.17, 15) is 4.79 Å². The van der Waals surface area contributed by atoms with Crippen molar-refractivity contribution in [1.29, 1.82) is 0 Å². The van der Waals surface area contributed by atoms with Crippen LogP contribution < -0.4 is 0 Å². The lowest BCUT2D eigenvalue weighted by Crippen LogP contribution is -2.05. The fraction of sp³-hybridized carbons (Fsp3) is 0.357. The number of carbonyl (C=O) groups excluding carboxylic acids is 1. The van der Waals surface area contributed by atoms with E-state index in [1.54, 1.807) is 6.08 Å². The van der Waals surface area contributed by atoms with Crippen molar-refractivity contribution in [2.75, 3.05) is 0 Å². The van der Waals surface area contributed by atoms with Gasteiger partial charge in [-0.05, 0) is 37.3 Å². The fourth-order valence-electron chi connectivity index (χ4n) is 2.36. The number of fused-ring (bicyclic) bond motifs is 1. The Morgan fingerprint density at radius 2 is 2.18 bits per heavy atom. The molecule has 1 heterocycles. The summed E-state index contributed by atoms with van der Waals surface area (Å²) in [6, 6.07) is 8.29. The molecule has 0 radical (unpaired) electrons. The molecule has 3 rings (SSSR count). The zero-order valence-electron chi connectivity index (χ0n) is 9.57. The quantitative estimate of drug-likeness (QED) is 0.632. The van der Waals surface area contributed by atoms with Crippen molar-refractivity contribution in [1.82, 2.24) is 4.98 Å². The summed E-state index contributed by atoms with van der Waals surface area (Å²) in [5.74, 6) is 0. The van der Waals surface area contributed by atoms with Gasteiger partial charge in [0.1, 0.15) is 0 Å². The third-order valence-electron chi connectivity index (χ3n) is 3.64. The molecule has 2 aromatic rings. The van der Waals surface area contributed by atoms with Crippen LogP contribution in [0.1, 0.15) is 24.8 Å². The van der Waals surface area contributed by atoms with Crippen LogP contribution in [-0.4, -0.2) is 16.6 Å². The van der Waals surface area contributed by atoms with Gasteiger partial charge < -0.3 is 4.98 Å². The minimum absolute atomic E-state index is 0.0832.